The highest BCUT2D eigenvalue weighted by molar-refractivity contribution is 5.98. The van der Waals surface area contributed by atoms with Gasteiger partial charge in [-0.2, -0.15) is 0 Å². The minimum Gasteiger partial charge on any atom is -0.490 e. The topological polar surface area (TPSA) is 70.1 Å². The Morgan fingerprint density at radius 3 is 2.97 bits per heavy atom. The van der Waals surface area contributed by atoms with Crippen LogP contribution in [0.2, 0.25) is 0 Å². The Labute approximate surface area is 184 Å². The molecule has 31 heavy (non-hydrogen) atoms. The number of anilines is 1. The standard InChI is InChI=1S/C24H31N5O2/c1-2-26-24(27-13-16-31-20-7-5-12-25-17-20)29-18-19(21-8-3-4-9-22(21)29)11-15-28-14-6-10-23(28)30/h3-5,7-9,12,17,19H,2,6,10-11,13-16,18H2,1H3,(H,26,27). The third-order valence-corrected chi connectivity index (χ3v) is 5.84. The fourth-order valence-corrected chi connectivity index (χ4v) is 4.34. The summed E-state index contributed by atoms with van der Waals surface area (Å²) in [6.07, 6.45) is 6.11. The number of aliphatic imine (C=N–C) groups is 1. The number of fused-ring (bicyclic) bond motifs is 1. The number of benzene rings is 1. The Morgan fingerprint density at radius 1 is 1.29 bits per heavy atom. The molecule has 3 heterocycles. The highest BCUT2D eigenvalue weighted by Gasteiger charge is 2.32. The number of hydrogen-bond donors (Lipinski definition) is 1. The van der Waals surface area contributed by atoms with E-state index >= 15 is 0 Å². The van der Waals surface area contributed by atoms with Gasteiger partial charge in [0, 0.05) is 50.4 Å². The number of hydrogen-bond acceptors (Lipinski definition) is 4. The fraction of sp³-hybridized carbons (Fsp3) is 0.458. The lowest BCUT2D eigenvalue weighted by atomic mass is 9.98. The van der Waals surface area contributed by atoms with Crippen LogP contribution in [0.5, 0.6) is 5.75 Å². The maximum absolute atomic E-state index is 12.0. The van der Waals surface area contributed by atoms with Crippen molar-refractivity contribution in [3.8, 4) is 5.75 Å². The Balaban J connectivity index is 1.42. The molecule has 1 atom stereocenters. The molecular formula is C24H31N5O2. The highest BCUT2D eigenvalue weighted by Crippen LogP contribution is 2.38. The van der Waals surface area contributed by atoms with Gasteiger partial charge in [0.05, 0.1) is 12.7 Å². The molecule has 0 bridgehead atoms. The zero-order chi connectivity index (χ0) is 21.5. The van der Waals surface area contributed by atoms with E-state index in [0.717, 1.165) is 50.7 Å². The predicted octanol–water partition coefficient (Wildman–Crippen LogP) is 3.04. The number of amides is 1. The maximum Gasteiger partial charge on any atom is 0.222 e. The molecule has 4 rings (SSSR count). The van der Waals surface area contributed by atoms with Gasteiger partial charge in [0.1, 0.15) is 12.4 Å². The quantitative estimate of drug-likeness (QED) is 0.403. The van der Waals surface area contributed by atoms with Gasteiger partial charge in [-0.25, -0.2) is 4.99 Å². The summed E-state index contributed by atoms with van der Waals surface area (Å²) in [6, 6.07) is 12.3. The third-order valence-electron chi connectivity index (χ3n) is 5.84. The smallest absolute Gasteiger partial charge is 0.222 e. The summed E-state index contributed by atoms with van der Waals surface area (Å²) in [6.45, 7) is 6.54. The molecule has 1 aromatic heterocycles. The second kappa shape index (κ2) is 10.3. The molecule has 0 aliphatic carbocycles. The summed E-state index contributed by atoms with van der Waals surface area (Å²) in [5, 5.41) is 3.43. The molecule has 1 aromatic carbocycles. The molecular weight excluding hydrogens is 390 g/mol. The van der Waals surface area contributed by atoms with Crippen LogP contribution in [0.15, 0.2) is 53.8 Å². The lowest BCUT2D eigenvalue weighted by molar-refractivity contribution is -0.127. The van der Waals surface area contributed by atoms with Crippen LogP contribution in [-0.2, 0) is 4.79 Å². The number of pyridine rings is 1. The number of guanidine groups is 1. The Hall–Kier alpha value is -3.09. The number of aromatic nitrogens is 1. The van der Waals surface area contributed by atoms with E-state index in [-0.39, 0.29) is 0 Å². The molecule has 7 heteroatoms. The Morgan fingerprint density at radius 2 is 2.19 bits per heavy atom. The van der Waals surface area contributed by atoms with Gasteiger partial charge >= 0.3 is 0 Å². The van der Waals surface area contributed by atoms with Gasteiger partial charge in [-0.15, -0.1) is 0 Å². The summed E-state index contributed by atoms with van der Waals surface area (Å²) >= 11 is 0. The Kier molecular flexibility index (Phi) is 7.02. The van der Waals surface area contributed by atoms with Gasteiger partial charge in [0.2, 0.25) is 5.91 Å². The lowest BCUT2D eigenvalue weighted by Gasteiger charge is -2.23. The van der Waals surface area contributed by atoms with E-state index in [0.29, 0.717) is 31.4 Å². The number of carbonyl (C=O) groups excluding carboxylic acids is 1. The predicted molar refractivity (Wildman–Crippen MR) is 123 cm³/mol. The molecule has 0 spiro atoms. The fourth-order valence-electron chi connectivity index (χ4n) is 4.34. The minimum atomic E-state index is 0.298. The number of ether oxygens (including phenoxy) is 1. The number of likely N-dealkylation sites (tertiary alicyclic amines) is 1. The second-order valence-corrected chi connectivity index (χ2v) is 7.91. The SMILES string of the molecule is CCNC(=NCCOc1cccnc1)N1CC(CCN2CCCC2=O)c2ccccc21. The van der Waals surface area contributed by atoms with Gasteiger partial charge < -0.3 is 19.9 Å². The monoisotopic (exact) mass is 421 g/mol. The molecule has 1 amide bonds. The number of nitrogens with one attached hydrogen (secondary N) is 1. The van der Waals surface area contributed by atoms with Crippen LogP contribution in [0.4, 0.5) is 5.69 Å². The normalized spacial score (nSPS) is 18.4. The number of para-hydroxylation sites is 1. The van der Waals surface area contributed by atoms with Crippen LogP contribution < -0.4 is 15.0 Å². The van der Waals surface area contributed by atoms with Crippen LogP contribution in [0.1, 0.15) is 37.7 Å². The van der Waals surface area contributed by atoms with Crippen LogP contribution >= 0.6 is 0 Å². The van der Waals surface area contributed by atoms with Crippen molar-refractivity contribution < 1.29 is 9.53 Å². The molecule has 2 aliphatic rings. The van der Waals surface area contributed by atoms with E-state index in [2.05, 4.69) is 46.4 Å². The van der Waals surface area contributed by atoms with Crippen molar-refractivity contribution in [2.45, 2.75) is 32.1 Å². The number of rotatable bonds is 8. The maximum atomic E-state index is 12.0. The van der Waals surface area contributed by atoms with Gasteiger partial charge in [-0.1, -0.05) is 18.2 Å². The first kappa shape index (κ1) is 21.2. The first-order chi connectivity index (χ1) is 15.3. The van der Waals surface area contributed by atoms with Crippen molar-refractivity contribution in [3.05, 3.63) is 54.4 Å². The first-order valence-corrected chi connectivity index (χ1v) is 11.2. The molecule has 7 nitrogen and oxygen atoms in total. The molecule has 2 aliphatic heterocycles. The van der Waals surface area contributed by atoms with Crippen molar-refractivity contribution >= 4 is 17.6 Å². The molecule has 0 saturated carbocycles. The largest absolute Gasteiger partial charge is 0.490 e. The average molecular weight is 422 g/mol. The van der Waals surface area contributed by atoms with Gasteiger partial charge in [-0.3, -0.25) is 9.78 Å². The van der Waals surface area contributed by atoms with E-state index in [1.54, 1.807) is 12.4 Å². The van der Waals surface area contributed by atoms with Crippen molar-refractivity contribution in [2.24, 2.45) is 4.99 Å². The molecule has 2 aromatic rings. The summed E-state index contributed by atoms with van der Waals surface area (Å²) in [7, 11) is 0. The highest BCUT2D eigenvalue weighted by atomic mass is 16.5. The molecule has 164 valence electrons. The van der Waals surface area contributed by atoms with Crippen molar-refractivity contribution in [3.63, 3.8) is 0 Å². The van der Waals surface area contributed by atoms with Crippen LogP contribution in [0.3, 0.4) is 0 Å². The Bertz CT molecular complexity index is 902. The van der Waals surface area contributed by atoms with E-state index in [1.165, 1.54) is 11.3 Å². The summed E-state index contributed by atoms with van der Waals surface area (Å²) in [4.78, 5) is 25.2. The number of nitrogens with zero attached hydrogens (tertiary/aromatic N) is 4. The van der Waals surface area contributed by atoms with Gasteiger partial charge in [0.25, 0.3) is 0 Å². The van der Waals surface area contributed by atoms with E-state index in [9.17, 15) is 4.79 Å². The second-order valence-electron chi connectivity index (χ2n) is 7.91. The summed E-state index contributed by atoms with van der Waals surface area (Å²) in [5.74, 6) is 2.32. The molecule has 1 N–H and O–H groups in total. The molecule has 1 saturated heterocycles. The van der Waals surface area contributed by atoms with Crippen molar-refractivity contribution in [1.29, 1.82) is 0 Å². The average Bonchev–Trinajstić information content (AvgIpc) is 3.38. The zero-order valence-electron chi connectivity index (χ0n) is 18.2. The van der Waals surface area contributed by atoms with E-state index in [1.807, 2.05) is 17.0 Å². The molecule has 0 radical (unpaired) electrons. The lowest BCUT2D eigenvalue weighted by Crippen LogP contribution is -2.41. The van der Waals surface area contributed by atoms with Crippen LogP contribution in [0.25, 0.3) is 0 Å². The molecule has 1 unspecified atom stereocenters. The summed E-state index contributed by atoms with van der Waals surface area (Å²) < 4.78 is 5.74. The third kappa shape index (κ3) is 5.16. The molecule has 1 fully saturated rings. The van der Waals surface area contributed by atoms with E-state index in [4.69, 9.17) is 9.73 Å². The van der Waals surface area contributed by atoms with Gasteiger partial charge in [0.15, 0.2) is 5.96 Å². The van der Waals surface area contributed by atoms with Gasteiger partial charge in [-0.05, 0) is 43.5 Å². The van der Waals surface area contributed by atoms with E-state index < -0.39 is 0 Å². The zero-order valence-corrected chi connectivity index (χ0v) is 18.2. The number of carbonyl (C=O) groups is 1. The first-order valence-electron chi connectivity index (χ1n) is 11.2. The van der Waals surface area contributed by atoms with Crippen LogP contribution in [-0.4, -0.2) is 61.1 Å². The van der Waals surface area contributed by atoms with Crippen LogP contribution in [0, 0.1) is 0 Å². The summed E-state index contributed by atoms with van der Waals surface area (Å²) in [5.41, 5.74) is 2.54. The van der Waals surface area contributed by atoms with Crippen molar-refractivity contribution in [2.75, 3.05) is 44.2 Å². The van der Waals surface area contributed by atoms with Crippen molar-refractivity contribution in [1.82, 2.24) is 15.2 Å². The minimum absolute atomic E-state index is 0.298.